The SMILES string of the molecule is COc1ccc(-c2nccn2S(=O)(=O)c2ccc(C)cc2)cc1Br. The minimum absolute atomic E-state index is 0.222. The molecular weight excluding hydrogens is 392 g/mol. The van der Waals surface area contributed by atoms with Gasteiger partial charge >= 0.3 is 0 Å². The molecule has 3 rings (SSSR count). The van der Waals surface area contributed by atoms with Crippen LogP contribution in [0.15, 0.2) is 64.2 Å². The summed E-state index contributed by atoms with van der Waals surface area (Å²) in [5, 5.41) is 0. The predicted octanol–water partition coefficient (Wildman–Crippen LogP) is 3.87. The van der Waals surface area contributed by atoms with Gasteiger partial charge in [0.2, 0.25) is 0 Å². The number of aryl methyl sites for hydroxylation is 1. The Bertz CT molecular complexity index is 979. The van der Waals surface area contributed by atoms with E-state index in [9.17, 15) is 8.42 Å². The molecule has 3 aromatic rings. The van der Waals surface area contributed by atoms with E-state index >= 15 is 0 Å². The predicted molar refractivity (Wildman–Crippen MR) is 95.7 cm³/mol. The van der Waals surface area contributed by atoms with Crippen LogP contribution in [0.1, 0.15) is 5.56 Å². The van der Waals surface area contributed by atoms with Crippen molar-refractivity contribution in [3.05, 3.63) is 64.9 Å². The van der Waals surface area contributed by atoms with Crippen molar-refractivity contribution < 1.29 is 13.2 Å². The van der Waals surface area contributed by atoms with Gasteiger partial charge < -0.3 is 4.74 Å². The molecule has 124 valence electrons. The third-order valence-electron chi connectivity index (χ3n) is 3.60. The van der Waals surface area contributed by atoms with Gasteiger partial charge in [-0.15, -0.1) is 0 Å². The Morgan fingerprint density at radius 3 is 2.46 bits per heavy atom. The van der Waals surface area contributed by atoms with Gasteiger partial charge in [-0.2, -0.15) is 0 Å². The second-order valence-corrected chi connectivity index (χ2v) is 7.88. The van der Waals surface area contributed by atoms with Crippen LogP contribution in [0.3, 0.4) is 0 Å². The fourth-order valence-corrected chi connectivity index (χ4v) is 4.16. The topological polar surface area (TPSA) is 61.2 Å². The molecule has 0 bridgehead atoms. The largest absolute Gasteiger partial charge is 0.496 e. The average Bonchev–Trinajstić information content (AvgIpc) is 3.05. The first-order chi connectivity index (χ1) is 11.4. The molecule has 0 aliphatic rings. The van der Waals surface area contributed by atoms with E-state index in [2.05, 4.69) is 20.9 Å². The van der Waals surface area contributed by atoms with Crippen molar-refractivity contribution in [2.45, 2.75) is 11.8 Å². The van der Waals surface area contributed by atoms with Crippen LogP contribution < -0.4 is 4.74 Å². The van der Waals surface area contributed by atoms with Crippen LogP contribution in [-0.2, 0) is 10.0 Å². The number of hydrogen-bond acceptors (Lipinski definition) is 4. The highest BCUT2D eigenvalue weighted by molar-refractivity contribution is 9.10. The molecule has 0 radical (unpaired) electrons. The lowest BCUT2D eigenvalue weighted by Crippen LogP contribution is -2.13. The molecule has 0 N–H and O–H groups in total. The Kier molecular flexibility index (Phi) is 4.47. The molecule has 0 saturated carbocycles. The van der Waals surface area contributed by atoms with E-state index in [1.807, 2.05) is 6.92 Å². The summed E-state index contributed by atoms with van der Waals surface area (Å²) in [7, 11) is -2.14. The van der Waals surface area contributed by atoms with Crippen molar-refractivity contribution in [1.29, 1.82) is 0 Å². The van der Waals surface area contributed by atoms with Crippen LogP contribution >= 0.6 is 15.9 Å². The number of ether oxygens (including phenoxy) is 1. The van der Waals surface area contributed by atoms with Gasteiger partial charge in [0.15, 0.2) is 5.82 Å². The smallest absolute Gasteiger partial charge is 0.269 e. The van der Waals surface area contributed by atoms with E-state index in [4.69, 9.17) is 4.74 Å². The first-order valence-corrected chi connectivity index (χ1v) is 9.36. The van der Waals surface area contributed by atoms with Crippen molar-refractivity contribution in [2.75, 3.05) is 7.11 Å². The lowest BCUT2D eigenvalue weighted by atomic mass is 10.2. The number of methoxy groups -OCH3 is 1. The quantitative estimate of drug-likeness (QED) is 0.659. The summed E-state index contributed by atoms with van der Waals surface area (Å²) < 4.78 is 32.9. The molecule has 0 spiro atoms. The third-order valence-corrected chi connectivity index (χ3v) is 5.90. The normalized spacial score (nSPS) is 11.5. The lowest BCUT2D eigenvalue weighted by Gasteiger charge is -2.11. The summed E-state index contributed by atoms with van der Waals surface area (Å²) in [5.41, 5.74) is 1.67. The molecule has 0 unspecified atom stereocenters. The molecule has 0 atom stereocenters. The summed E-state index contributed by atoms with van der Waals surface area (Å²) in [6, 6.07) is 12.0. The van der Waals surface area contributed by atoms with Gasteiger partial charge in [-0.3, -0.25) is 0 Å². The molecule has 0 saturated heterocycles. The molecule has 0 aliphatic heterocycles. The Balaban J connectivity index is 2.10. The lowest BCUT2D eigenvalue weighted by molar-refractivity contribution is 0.412. The number of imidazole rings is 1. The summed E-state index contributed by atoms with van der Waals surface area (Å²) in [6.45, 7) is 1.91. The van der Waals surface area contributed by atoms with E-state index in [1.54, 1.807) is 49.6 Å². The maximum Gasteiger partial charge on any atom is 0.269 e. The molecule has 7 heteroatoms. The van der Waals surface area contributed by atoms with Crippen molar-refractivity contribution in [2.24, 2.45) is 0 Å². The minimum Gasteiger partial charge on any atom is -0.496 e. The summed E-state index contributed by atoms with van der Waals surface area (Å²) >= 11 is 3.41. The number of aromatic nitrogens is 2. The maximum atomic E-state index is 12.9. The van der Waals surface area contributed by atoms with Gasteiger partial charge in [0.1, 0.15) is 5.75 Å². The molecule has 24 heavy (non-hydrogen) atoms. The van der Waals surface area contributed by atoms with Crippen LogP contribution in [0.4, 0.5) is 0 Å². The van der Waals surface area contributed by atoms with Gasteiger partial charge in [0.25, 0.3) is 10.0 Å². The van der Waals surface area contributed by atoms with Gasteiger partial charge in [-0.25, -0.2) is 17.4 Å². The van der Waals surface area contributed by atoms with Gasteiger partial charge in [0, 0.05) is 18.0 Å². The fraction of sp³-hybridized carbons (Fsp3) is 0.118. The first kappa shape index (κ1) is 16.7. The van der Waals surface area contributed by atoms with E-state index < -0.39 is 10.0 Å². The molecule has 0 fully saturated rings. The second-order valence-electron chi connectivity index (χ2n) is 5.21. The summed E-state index contributed by atoms with van der Waals surface area (Å²) in [6.07, 6.45) is 2.92. The fourth-order valence-electron chi connectivity index (χ4n) is 2.32. The van der Waals surface area contributed by atoms with Gasteiger partial charge in [0.05, 0.1) is 16.5 Å². The zero-order chi connectivity index (χ0) is 17.3. The summed E-state index contributed by atoms with van der Waals surface area (Å²) in [5.74, 6) is 1.01. The van der Waals surface area contributed by atoms with Gasteiger partial charge in [-0.1, -0.05) is 17.7 Å². The Labute approximate surface area is 149 Å². The number of rotatable bonds is 4. The highest BCUT2D eigenvalue weighted by Crippen LogP contribution is 2.31. The maximum absolute atomic E-state index is 12.9. The Hall–Kier alpha value is -2.12. The molecule has 0 amide bonds. The van der Waals surface area contributed by atoms with Crippen molar-refractivity contribution in [3.8, 4) is 17.1 Å². The third kappa shape index (κ3) is 2.97. The molecule has 0 aliphatic carbocycles. The minimum atomic E-state index is -3.71. The van der Waals surface area contributed by atoms with Crippen LogP contribution in [0.5, 0.6) is 5.75 Å². The highest BCUT2D eigenvalue weighted by atomic mass is 79.9. The zero-order valence-electron chi connectivity index (χ0n) is 13.1. The van der Waals surface area contributed by atoms with Crippen molar-refractivity contribution >= 4 is 26.0 Å². The zero-order valence-corrected chi connectivity index (χ0v) is 15.5. The highest BCUT2D eigenvalue weighted by Gasteiger charge is 2.21. The first-order valence-electron chi connectivity index (χ1n) is 7.13. The van der Waals surface area contributed by atoms with Crippen LogP contribution in [-0.4, -0.2) is 24.5 Å². The van der Waals surface area contributed by atoms with Crippen LogP contribution in [0.25, 0.3) is 11.4 Å². The van der Waals surface area contributed by atoms with Crippen molar-refractivity contribution in [1.82, 2.24) is 8.96 Å². The number of hydrogen-bond donors (Lipinski definition) is 0. The Morgan fingerprint density at radius 2 is 1.83 bits per heavy atom. The average molecular weight is 407 g/mol. The summed E-state index contributed by atoms with van der Waals surface area (Å²) in [4.78, 5) is 4.44. The van der Waals surface area contributed by atoms with E-state index in [-0.39, 0.29) is 4.90 Å². The standard InChI is InChI=1S/C17H15BrN2O3S/c1-12-3-6-14(7-4-12)24(21,22)20-10-9-19-17(20)13-5-8-16(23-2)15(18)11-13/h3-11H,1-2H3. The van der Waals surface area contributed by atoms with E-state index in [0.717, 1.165) is 10.0 Å². The van der Waals surface area contributed by atoms with Crippen LogP contribution in [0, 0.1) is 6.92 Å². The molecular formula is C17H15BrN2O3S. The van der Waals surface area contributed by atoms with Crippen molar-refractivity contribution in [3.63, 3.8) is 0 Å². The van der Waals surface area contributed by atoms with E-state index in [0.29, 0.717) is 17.1 Å². The molecule has 5 nitrogen and oxygen atoms in total. The Morgan fingerprint density at radius 1 is 1.12 bits per heavy atom. The number of nitrogens with zero attached hydrogens (tertiary/aromatic N) is 2. The van der Waals surface area contributed by atoms with Gasteiger partial charge in [-0.05, 0) is 53.2 Å². The molecule has 1 heterocycles. The van der Waals surface area contributed by atoms with Crippen LogP contribution in [0.2, 0.25) is 0 Å². The number of benzene rings is 2. The van der Waals surface area contributed by atoms with E-state index in [1.165, 1.54) is 16.4 Å². The monoisotopic (exact) mass is 406 g/mol. The second kappa shape index (κ2) is 6.41. The number of halogens is 1. The molecule has 2 aromatic carbocycles. The molecule has 1 aromatic heterocycles.